The summed E-state index contributed by atoms with van der Waals surface area (Å²) in [4.78, 5) is 0. The van der Waals surface area contributed by atoms with E-state index in [9.17, 15) is 9.13 Å². The van der Waals surface area contributed by atoms with Crippen molar-refractivity contribution >= 4 is 31.1 Å². The van der Waals surface area contributed by atoms with E-state index < -0.39 is 20.6 Å². The van der Waals surface area contributed by atoms with E-state index in [0.717, 1.165) is 0 Å². The minimum absolute atomic E-state index is 0.464. The number of hydrogen-bond acceptors (Lipinski definition) is 6. The Balaban J connectivity index is 3.56. The predicted octanol–water partition coefficient (Wildman–Crippen LogP) is 4.42. The Morgan fingerprint density at radius 2 is 1.30 bits per heavy atom. The molecule has 0 aliphatic heterocycles. The van der Waals surface area contributed by atoms with Crippen LogP contribution in [-0.2, 0) is 27.2 Å². The summed E-state index contributed by atoms with van der Waals surface area (Å²) in [5.41, 5.74) is 0.464. The van der Waals surface area contributed by atoms with Crippen molar-refractivity contribution in [3.05, 3.63) is 34.3 Å². The molecule has 0 aromatic heterocycles. The first-order valence-corrected chi connectivity index (χ1v) is 9.57. The molecule has 0 saturated carbocycles. The van der Waals surface area contributed by atoms with Crippen molar-refractivity contribution < 1.29 is 27.2 Å². The third-order valence-corrected chi connectivity index (χ3v) is 9.01. The molecule has 0 saturated heterocycles. The van der Waals surface area contributed by atoms with Crippen LogP contribution in [0.25, 0.3) is 0 Å². The van der Waals surface area contributed by atoms with Gasteiger partial charge in [0.2, 0.25) is 0 Å². The van der Waals surface area contributed by atoms with Crippen molar-refractivity contribution in [1.82, 2.24) is 0 Å². The summed E-state index contributed by atoms with van der Waals surface area (Å²) in [6.07, 6.45) is 0. The van der Waals surface area contributed by atoms with Crippen LogP contribution in [0.15, 0.2) is 28.7 Å². The average molecular weight is 387 g/mol. The van der Waals surface area contributed by atoms with E-state index in [0.29, 0.717) is 10.0 Å². The highest BCUT2D eigenvalue weighted by Gasteiger charge is 2.51. The molecular formula is C11H17BrO6P2. The van der Waals surface area contributed by atoms with Gasteiger partial charge in [0.25, 0.3) is 0 Å². The summed E-state index contributed by atoms with van der Waals surface area (Å²) in [6.45, 7) is 0. The van der Waals surface area contributed by atoms with Gasteiger partial charge in [0.05, 0.1) is 0 Å². The Morgan fingerprint density at radius 3 is 1.65 bits per heavy atom. The van der Waals surface area contributed by atoms with Crippen LogP contribution in [0, 0.1) is 0 Å². The van der Waals surface area contributed by atoms with Gasteiger partial charge in [-0.05, 0) is 11.6 Å². The van der Waals surface area contributed by atoms with Gasteiger partial charge in [-0.15, -0.1) is 0 Å². The Kier molecular flexibility index (Phi) is 6.61. The molecule has 0 bridgehead atoms. The summed E-state index contributed by atoms with van der Waals surface area (Å²) in [5, 5.41) is -1.18. The van der Waals surface area contributed by atoms with Gasteiger partial charge in [-0.25, -0.2) is 0 Å². The standard InChI is InChI=1S/C11H17BrO6P2/c1-15-19(13,16-2)11(20(14,17-3)18-4)9-7-5-6-8-10(9)12/h5-8,11H,1-4H3. The largest absolute Gasteiger partial charge is 0.349 e. The van der Waals surface area contributed by atoms with Gasteiger partial charge in [0.1, 0.15) is 0 Å². The van der Waals surface area contributed by atoms with Gasteiger partial charge >= 0.3 is 15.2 Å². The zero-order valence-electron chi connectivity index (χ0n) is 11.6. The Labute approximate surface area is 127 Å². The molecule has 0 amide bonds. The maximum Gasteiger partial charge on any atom is 0.349 e. The van der Waals surface area contributed by atoms with Crippen molar-refractivity contribution in [3.63, 3.8) is 0 Å². The molecule has 0 N–H and O–H groups in total. The molecule has 0 fully saturated rings. The zero-order chi connectivity index (χ0) is 15.4. The second kappa shape index (κ2) is 7.32. The van der Waals surface area contributed by atoms with Crippen LogP contribution in [0.5, 0.6) is 0 Å². The molecule has 0 aliphatic carbocycles. The maximum absolute atomic E-state index is 12.8. The van der Waals surface area contributed by atoms with Crippen LogP contribution in [-0.4, -0.2) is 28.4 Å². The highest BCUT2D eigenvalue weighted by Crippen LogP contribution is 2.78. The van der Waals surface area contributed by atoms with E-state index in [2.05, 4.69) is 15.9 Å². The van der Waals surface area contributed by atoms with Crippen LogP contribution < -0.4 is 0 Å². The quantitative estimate of drug-likeness (QED) is 0.646. The monoisotopic (exact) mass is 386 g/mol. The van der Waals surface area contributed by atoms with Crippen LogP contribution in [0.3, 0.4) is 0 Å². The summed E-state index contributed by atoms with van der Waals surface area (Å²) in [6, 6.07) is 6.88. The summed E-state index contributed by atoms with van der Waals surface area (Å²) < 4.78 is 46.1. The topological polar surface area (TPSA) is 71.1 Å². The minimum Gasteiger partial charge on any atom is -0.311 e. The molecule has 0 spiro atoms. The Bertz CT molecular complexity index is 507. The number of hydrogen-bond donors (Lipinski definition) is 0. The number of halogens is 1. The van der Waals surface area contributed by atoms with Gasteiger partial charge in [-0.2, -0.15) is 0 Å². The van der Waals surface area contributed by atoms with Crippen molar-refractivity contribution in [2.75, 3.05) is 28.4 Å². The second-order valence-electron chi connectivity index (χ2n) is 3.71. The first kappa shape index (κ1) is 18.1. The smallest absolute Gasteiger partial charge is 0.311 e. The fourth-order valence-electron chi connectivity index (χ4n) is 1.75. The molecule has 0 heterocycles. The maximum atomic E-state index is 12.8. The molecular weight excluding hydrogens is 370 g/mol. The summed E-state index contributed by atoms with van der Waals surface area (Å²) in [5.74, 6) is 0. The SMILES string of the molecule is COP(=O)(OC)C(c1ccccc1Br)P(=O)(OC)OC. The fourth-order valence-corrected chi connectivity index (χ4v) is 7.36. The van der Waals surface area contributed by atoms with Crippen molar-refractivity contribution in [3.8, 4) is 0 Å². The molecule has 1 aromatic rings. The number of rotatable bonds is 7. The molecule has 6 nitrogen and oxygen atoms in total. The Morgan fingerprint density at radius 1 is 0.900 bits per heavy atom. The average Bonchev–Trinajstić information content (AvgIpc) is 2.48. The summed E-state index contributed by atoms with van der Waals surface area (Å²) in [7, 11) is -2.57. The first-order valence-electron chi connectivity index (χ1n) is 5.55. The van der Waals surface area contributed by atoms with E-state index in [1.54, 1.807) is 24.3 Å². The molecule has 0 aliphatic rings. The highest BCUT2D eigenvalue weighted by molar-refractivity contribution is 9.10. The third-order valence-electron chi connectivity index (χ3n) is 2.80. The molecule has 0 radical (unpaired) electrons. The Hall–Kier alpha value is -0.0000000000000000416. The van der Waals surface area contributed by atoms with E-state index >= 15 is 0 Å². The first-order chi connectivity index (χ1) is 9.38. The molecule has 114 valence electrons. The molecule has 0 atom stereocenters. The predicted molar refractivity (Wildman–Crippen MR) is 80.1 cm³/mol. The van der Waals surface area contributed by atoms with Gasteiger partial charge in [0.15, 0.2) is 5.40 Å². The van der Waals surface area contributed by atoms with Crippen molar-refractivity contribution in [2.45, 2.75) is 5.40 Å². The lowest BCUT2D eigenvalue weighted by atomic mass is 10.2. The normalized spacial score (nSPS) is 12.9. The minimum atomic E-state index is -3.74. The van der Waals surface area contributed by atoms with Crippen LogP contribution in [0.4, 0.5) is 0 Å². The van der Waals surface area contributed by atoms with E-state index in [1.807, 2.05) is 0 Å². The van der Waals surface area contributed by atoms with Gasteiger partial charge < -0.3 is 18.1 Å². The van der Waals surface area contributed by atoms with E-state index in [-0.39, 0.29) is 0 Å². The van der Waals surface area contributed by atoms with Gasteiger partial charge in [0, 0.05) is 32.9 Å². The lowest BCUT2D eigenvalue weighted by Crippen LogP contribution is -2.08. The fraction of sp³-hybridized carbons (Fsp3) is 0.455. The molecule has 1 aromatic carbocycles. The zero-order valence-corrected chi connectivity index (χ0v) is 15.0. The molecule has 9 heteroatoms. The second-order valence-corrected chi connectivity index (χ2v) is 9.62. The lowest BCUT2D eigenvalue weighted by molar-refractivity contribution is 0.247. The van der Waals surface area contributed by atoms with E-state index in [4.69, 9.17) is 18.1 Å². The van der Waals surface area contributed by atoms with Crippen LogP contribution in [0.2, 0.25) is 0 Å². The molecule has 1 rings (SSSR count). The van der Waals surface area contributed by atoms with Crippen molar-refractivity contribution in [1.29, 1.82) is 0 Å². The van der Waals surface area contributed by atoms with Crippen LogP contribution in [0.1, 0.15) is 11.0 Å². The third kappa shape index (κ3) is 3.42. The summed E-state index contributed by atoms with van der Waals surface area (Å²) >= 11 is 3.33. The van der Waals surface area contributed by atoms with Crippen molar-refractivity contribution in [2.24, 2.45) is 0 Å². The molecule has 0 unspecified atom stereocenters. The van der Waals surface area contributed by atoms with Gasteiger partial charge in [-0.3, -0.25) is 9.13 Å². The van der Waals surface area contributed by atoms with E-state index in [1.165, 1.54) is 28.4 Å². The highest BCUT2D eigenvalue weighted by atomic mass is 79.9. The van der Waals surface area contributed by atoms with Crippen LogP contribution >= 0.6 is 31.1 Å². The molecule has 20 heavy (non-hydrogen) atoms. The number of benzene rings is 1. The van der Waals surface area contributed by atoms with Gasteiger partial charge in [-0.1, -0.05) is 34.1 Å². The lowest BCUT2D eigenvalue weighted by Gasteiger charge is -2.29.